The molecule has 0 N–H and O–H groups in total. The van der Waals surface area contributed by atoms with Gasteiger partial charge in [0, 0.05) is 56.0 Å². The van der Waals surface area contributed by atoms with Gasteiger partial charge in [-0.15, -0.1) is 0 Å². The van der Waals surface area contributed by atoms with Gasteiger partial charge in [0.1, 0.15) is 29.3 Å². The Kier molecular flexibility index (Phi) is 4.56. The van der Waals surface area contributed by atoms with E-state index in [0.717, 1.165) is 29.7 Å². The molecule has 166 valence electrons. The fourth-order valence-corrected chi connectivity index (χ4v) is 4.94. The lowest BCUT2D eigenvalue weighted by Gasteiger charge is -2.42. The number of anilines is 2. The van der Waals surface area contributed by atoms with Crippen molar-refractivity contribution >= 4 is 29.6 Å². The van der Waals surface area contributed by atoms with Gasteiger partial charge in [-0.1, -0.05) is 0 Å². The SMILES string of the molecule is O=C(c1cc(N2CCC3(CC2)OC=Nc2ncccc23)ncn1)N1CCc2cc(F)ccc21. The number of carbonyl (C=O) groups excluding carboxylic acids is 1. The van der Waals surface area contributed by atoms with Crippen molar-refractivity contribution in [3.8, 4) is 0 Å². The van der Waals surface area contributed by atoms with Crippen LogP contribution in [0.5, 0.6) is 0 Å². The maximum absolute atomic E-state index is 13.5. The number of rotatable bonds is 2. The van der Waals surface area contributed by atoms with Crippen LogP contribution in [0.1, 0.15) is 34.5 Å². The number of pyridine rings is 1. The van der Waals surface area contributed by atoms with E-state index in [4.69, 9.17) is 4.74 Å². The summed E-state index contributed by atoms with van der Waals surface area (Å²) >= 11 is 0. The molecular weight excluding hydrogens is 423 g/mol. The summed E-state index contributed by atoms with van der Waals surface area (Å²) in [5.41, 5.74) is 2.47. The first-order valence-corrected chi connectivity index (χ1v) is 11.0. The minimum atomic E-state index is -0.442. The van der Waals surface area contributed by atoms with Crippen molar-refractivity contribution in [1.29, 1.82) is 0 Å². The van der Waals surface area contributed by atoms with Crippen molar-refractivity contribution in [3.63, 3.8) is 0 Å². The van der Waals surface area contributed by atoms with Crippen LogP contribution in [0.3, 0.4) is 0 Å². The number of nitrogens with zero attached hydrogens (tertiary/aromatic N) is 6. The first-order chi connectivity index (χ1) is 16.1. The zero-order chi connectivity index (χ0) is 22.4. The van der Waals surface area contributed by atoms with Crippen LogP contribution in [0, 0.1) is 5.82 Å². The molecule has 3 aliphatic rings. The van der Waals surface area contributed by atoms with Gasteiger partial charge < -0.3 is 14.5 Å². The Hall–Kier alpha value is -3.88. The van der Waals surface area contributed by atoms with E-state index in [1.165, 1.54) is 24.9 Å². The summed E-state index contributed by atoms with van der Waals surface area (Å²) in [5.74, 6) is 0.918. The fourth-order valence-electron chi connectivity index (χ4n) is 4.94. The molecule has 3 aliphatic heterocycles. The third-order valence-electron chi connectivity index (χ3n) is 6.68. The van der Waals surface area contributed by atoms with Crippen LogP contribution in [-0.4, -0.2) is 46.9 Å². The molecule has 0 atom stereocenters. The Balaban J connectivity index is 1.21. The Labute approximate surface area is 189 Å². The number of ether oxygens (including phenoxy) is 1. The van der Waals surface area contributed by atoms with Gasteiger partial charge >= 0.3 is 0 Å². The number of amides is 1. The molecule has 0 bridgehead atoms. The zero-order valence-electron chi connectivity index (χ0n) is 17.8. The molecule has 0 unspecified atom stereocenters. The summed E-state index contributed by atoms with van der Waals surface area (Å²) in [4.78, 5) is 34.3. The van der Waals surface area contributed by atoms with E-state index in [1.807, 2.05) is 12.1 Å². The highest BCUT2D eigenvalue weighted by Gasteiger charge is 2.42. The third kappa shape index (κ3) is 3.31. The van der Waals surface area contributed by atoms with Crippen LogP contribution in [0.4, 0.5) is 21.7 Å². The van der Waals surface area contributed by atoms with Crippen LogP contribution < -0.4 is 9.80 Å². The first-order valence-electron chi connectivity index (χ1n) is 11.0. The van der Waals surface area contributed by atoms with Crippen molar-refractivity contribution in [1.82, 2.24) is 15.0 Å². The highest BCUT2D eigenvalue weighted by Crippen LogP contribution is 2.42. The first kappa shape index (κ1) is 19.8. The van der Waals surface area contributed by atoms with Gasteiger partial charge in [0.25, 0.3) is 5.91 Å². The van der Waals surface area contributed by atoms with Gasteiger partial charge in [-0.2, -0.15) is 0 Å². The molecule has 0 aliphatic carbocycles. The van der Waals surface area contributed by atoms with Crippen LogP contribution in [-0.2, 0) is 16.8 Å². The number of benzene rings is 1. The second-order valence-electron chi connectivity index (χ2n) is 8.45. The molecule has 1 amide bonds. The minimum Gasteiger partial charge on any atom is -0.472 e. The van der Waals surface area contributed by atoms with Crippen molar-refractivity contribution in [2.45, 2.75) is 24.9 Å². The zero-order valence-corrected chi connectivity index (χ0v) is 17.8. The standard InChI is InChI=1S/C24H21FN6O2/c25-17-3-4-20-16(12-17)5-9-31(20)23(32)19-13-21(28-14-27-19)30-10-6-24(7-11-30)18-2-1-8-26-22(18)29-15-33-24/h1-4,8,12-15H,5-7,9-11H2. The van der Waals surface area contributed by atoms with E-state index >= 15 is 0 Å². The summed E-state index contributed by atoms with van der Waals surface area (Å²) in [6, 6.07) is 10.2. The number of carbonyl (C=O) groups is 1. The molecule has 6 rings (SSSR count). The normalized spacial score (nSPS) is 18.1. The van der Waals surface area contributed by atoms with Gasteiger partial charge in [0.05, 0.1) is 0 Å². The summed E-state index contributed by atoms with van der Waals surface area (Å²) in [7, 11) is 0. The summed E-state index contributed by atoms with van der Waals surface area (Å²) in [6.45, 7) is 1.92. The Morgan fingerprint density at radius 1 is 1.06 bits per heavy atom. The maximum Gasteiger partial charge on any atom is 0.277 e. The molecular formula is C24H21FN6O2. The summed E-state index contributed by atoms with van der Waals surface area (Å²) in [6.07, 6.45) is 6.78. The lowest BCUT2D eigenvalue weighted by Crippen LogP contribution is -2.45. The summed E-state index contributed by atoms with van der Waals surface area (Å²) in [5, 5.41) is 0. The molecule has 8 nitrogen and oxygen atoms in total. The minimum absolute atomic E-state index is 0.204. The number of fused-ring (bicyclic) bond motifs is 3. The van der Waals surface area contributed by atoms with Crippen molar-refractivity contribution < 1.29 is 13.9 Å². The lowest BCUT2D eigenvalue weighted by atomic mass is 9.84. The average molecular weight is 444 g/mol. The molecule has 0 radical (unpaired) electrons. The highest BCUT2D eigenvalue weighted by molar-refractivity contribution is 6.06. The second kappa shape index (κ2) is 7.61. The average Bonchev–Trinajstić information content (AvgIpc) is 3.27. The monoisotopic (exact) mass is 444 g/mol. The number of aromatic nitrogens is 3. The van der Waals surface area contributed by atoms with Crippen molar-refractivity contribution in [2.24, 2.45) is 4.99 Å². The molecule has 1 aromatic carbocycles. The number of piperidine rings is 1. The van der Waals surface area contributed by atoms with Gasteiger partial charge in [0.15, 0.2) is 12.2 Å². The molecule has 1 fully saturated rings. The number of aliphatic imine (C=N–C) groups is 1. The van der Waals surface area contributed by atoms with Gasteiger partial charge in [-0.3, -0.25) is 4.79 Å². The maximum atomic E-state index is 13.5. The Bertz CT molecular complexity index is 1270. The number of hydrogen-bond donors (Lipinski definition) is 0. The van der Waals surface area contributed by atoms with E-state index in [9.17, 15) is 9.18 Å². The van der Waals surface area contributed by atoms with Crippen LogP contribution in [0.15, 0.2) is 53.9 Å². The molecule has 3 aromatic rings. The number of hydrogen-bond acceptors (Lipinski definition) is 7. The molecule has 5 heterocycles. The van der Waals surface area contributed by atoms with Gasteiger partial charge in [0.2, 0.25) is 0 Å². The Morgan fingerprint density at radius 3 is 2.82 bits per heavy atom. The smallest absolute Gasteiger partial charge is 0.277 e. The van der Waals surface area contributed by atoms with E-state index in [2.05, 4.69) is 24.8 Å². The molecule has 9 heteroatoms. The van der Waals surface area contributed by atoms with E-state index < -0.39 is 5.60 Å². The van der Waals surface area contributed by atoms with Crippen molar-refractivity contribution in [3.05, 3.63) is 71.6 Å². The van der Waals surface area contributed by atoms with Gasteiger partial charge in [-0.25, -0.2) is 24.3 Å². The predicted octanol–water partition coefficient (Wildman–Crippen LogP) is 3.40. The Morgan fingerprint density at radius 2 is 1.94 bits per heavy atom. The van der Waals surface area contributed by atoms with Crippen LogP contribution >= 0.6 is 0 Å². The van der Waals surface area contributed by atoms with Crippen LogP contribution in [0.2, 0.25) is 0 Å². The second-order valence-corrected chi connectivity index (χ2v) is 8.45. The fraction of sp³-hybridized carbons (Fsp3) is 0.292. The predicted molar refractivity (Wildman–Crippen MR) is 120 cm³/mol. The molecule has 1 saturated heterocycles. The quantitative estimate of drug-likeness (QED) is 0.603. The van der Waals surface area contributed by atoms with E-state index in [-0.39, 0.29) is 11.7 Å². The van der Waals surface area contributed by atoms with Gasteiger partial charge in [-0.05, 0) is 42.3 Å². The van der Waals surface area contributed by atoms with Crippen molar-refractivity contribution in [2.75, 3.05) is 29.4 Å². The van der Waals surface area contributed by atoms with Crippen LogP contribution in [0.25, 0.3) is 0 Å². The highest BCUT2D eigenvalue weighted by atomic mass is 19.1. The largest absolute Gasteiger partial charge is 0.472 e. The molecule has 1 spiro atoms. The third-order valence-corrected chi connectivity index (χ3v) is 6.68. The topological polar surface area (TPSA) is 83.8 Å². The molecule has 0 saturated carbocycles. The van der Waals surface area contributed by atoms with E-state index in [1.54, 1.807) is 23.2 Å². The lowest BCUT2D eigenvalue weighted by molar-refractivity contribution is 0.0306. The number of halogens is 1. The molecule has 2 aromatic heterocycles. The summed E-state index contributed by atoms with van der Waals surface area (Å²) < 4.78 is 19.5. The van der Waals surface area contributed by atoms with E-state index in [0.29, 0.717) is 43.4 Å². The molecule has 33 heavy (non-hydrogen) atoms.